The Morgan fingerprint density at radius 3 is 2.04 bits per heavy atom. The highest BCUT2D eigenvalue weighted by atomic mass is 32.2. The van der Waals surface area contributed by atoms with Crippen LogP contribution in [0.1, 0.15) is 11.1 Å². The van der Waals surface area contributed by atoms with E-state index in [1.165, 1.54) is 16.6 Å². The first-order valence-corrected chi connectivity index (χ1v) is 9.92. The summed E-state index contributed by atoms with van der Waals surface area (Å²) in [4.78, 5) is 0. The Kier molecular flexibility index (Phi) is 4.14. The molecule has 2 heterocycles. The molecule has 132 valence electrons. The van der Waals surface area contributed by atoms with Gasteiger partial charge in [-0.1, -0.05) is 84.6 Å². The van der Waals surface area contributed by atoms with Crippen molar-refractivity contribution in [2.45, 2.75) is 17.5 Å². The van der Waals surface area contributed by atoms with Gasteiger partial charge in [-0.15, -0.1) is 10.2 Å². The standard InChI is InChI=1S/C22H18N4S/c1-3-9-17(10-4-1)15-25-19-13-7-8-14-20(19)26-21(25)23-24-22(26)27-16-18-11-5-2-6-12-18/h1-14H,15-16H2. The third-order valence-electron chi connectivity index (χ3n) is 4.67. The zero-order chi connectivity index (χ0) is 18.1. The van der Waals surface area contributed by atoms with Crippen molar-refractivity contribution in [3.63, 3.8) is 0 Å². The average Bonchev–Trinajstić information content (AvgIpc) is 3.28. The summed E-state index contributed by atoms with van der Waals surface area (Å²) in [6, 6.07) is 29.4. The highest BCUT2D eigenvalue weighted by Crippen LogP contribution is 2.28. The highest BCUT2D eigenvalue weighted by Gasteiger charge is 2.17. The summed E-state index contributed by atoms with van der Waals surface area (Å²) in [5, 5.41) is 9.92. The van der Waals surface area contributed by atoms with E-state index in [0.717, 1.165) is 28.7 Å². The SMILES string of the molecule is c1ccc(CSc2nnc3n(Cc4ccccc4)c4ccccc4n23)cc1. The van der Waals surface area contributed by atoms with E-state index in [2.05, 4.69) is 92.0 Å². The highest BCUT2D eigenvalue weighted by molar-refractivity contribution is 7.98. The van der Waals surface area contributed by atoms with E-state index in [9.17, 15) is 0 Å². The maximum absolute atomic E-state index is 4.52. The van der Waals surface area contributed by atoms with Crippen LogP contribution in [0.3, 0.4) is 0 Å². The number of fused-ring (bicyclic) bond motifs is 3. The van der Waals surface area contributed by atoms with Gasteiger partial charge in [0.05, 0.1) is 17.6 Å². The molecule has 0 saturated heterocycles. The molecule has 3 aromatic carbocycles. The van der Waals surface area contributed by atoms with Gasteiger partial charge in [-0.2, -0.15) is 0 Å². The fourth-order valence-corrected chi connectivity index (χ4v) is 4.27. The number of nitrogens with zero attached hydrogens (tertiary/aromatic N) is 4. The quantitative estimate of drug-likeness (QED) is 0.407. The summed E-state index contributed by atoms with van der Waals surface area (Å²) in [5.74, 6) is 1.76. The van der Waals surface area contributed by atoms with Gasteiger partial charge in [0.25, 0.3) is 0 Å². The van der Waals surface area contributed by atoms with Crippen LogP contribution in [0.25, 0.3) is 16.8 Å². The minimum absolute atomic E-state index is 0.777. The molecule has 0 fully saturated rings. The van der Waals surface area contributed by atoms with Crippen molar-refractivity contribution in [2.24, 2.45) is 0 Å². The molecule has 0 spiro atoms. The Hall–Kier alpha value is -3.05. The molecular weight excluding hydrogens is 352 g/mol. The summed E-state index contributed by atoms with van der Waals surface area (Å²) >= 11 is 1.72. The van der Waals surface area contributed by atoms with Gasteiger partial charge in [-0.05, 0) is 23.3 Å². The van der Waals surface area contributed by atoms with Crippen molar-refractivity contribution in [2.75, 3.05) is 0 Å². The van der Waals surface area contributed by atoms with E-state index in [4.69, 9.17) is 0 Å². The first-order valence-electron chi connectivity index (χ1n) is 8.93. The summed E-state index contributed by atoms with van der Waals surface area (Å²) in [5.41, 5.74) is 4.85. The molecule has 4 nitrogen and oxygen atoms in total. The number of aromatic nitrogens is 4. The maximum atomic E-state index is 4.52. The van der Waals surface area contributed by atoms with E-state index in [-0.39, 0.29) is 0 Å². The number of hydrogen-bond acceptors (Lipinski definition) is 3. The minimum Gasteiger partial charge on any atom is -0.304 e. The topological polar surface area (TPSA) is 35.1 Å². The Balaban J connectivity index is 1.58. The number of benzene rings is 3. The van der Waals surface area contributed by atoms with Gasteiger partial charge in [-0.25, -0.2) is 0 Å². The molecule has 0 unspecified atom stereocenters. The fourth-order valence-electron chi connectivity index (χ4n) is 3.37. The van der Waals surface area contributed by atoms with E-state index in [0.29, 0.717) is 0 Å². The predicted octanol–water partition coefficient (Wildman–Crippen LogP) is 5.02. The van der Waals surface area contributed by atoms with Crippen molar-refractivity contribution < 1.29 is 0 Å². The second kappa shape index (κ2) is 6.93. The molecule has 0 aliphatic rings. The van der Waals surface area contributed by atoms with Crippen LogP contribution in [0.2, 0.25) is 0 Å². The molecule has 5 heteroatoms. The van der Waals surface area contributed by atoms with Crippen LogP contribution in [0.4, 0.5) is 0 Å². The number of para-hydroxylation sites is 2. The van der Waals surface area contributed by atoms with Crippen molar-refractivity contribution in [1.29, 1.82) is 0 Å². The minimum atomic E-state index is 0.777. The lowest BCUT2D eigenvalue weighted by Gasteiger charge is -2.04. The molecule has 0 amide bonds. The van der Waals surface area contributed by atoms with Crippen molar-refractivity contribution in [1.82, 2.24) is 19.2 Å². The van der Waals surface area contributed by atoms with Gasteiger partial charge < -0.3 is 4.57 Å². The van der Waals surface area contributed by atoms with Crippen molar-refractivity contribution in [3.05, 3.63) is 96.1 Å². The molecule has 5 rings (SSSR count). The lowest BCUT2D eigenvalue weighted by molar-refractivity contribution is 0.839. The van der Waals surface area contributed by atoms with E-state index >= 15 is 0 Å². The Morgan fingerprint density at radius 2 is 1.30 bits per heavy atom. The second-order valence-electron chi connectivity index (χ2n) is 6.45. The van der Waals surface area contributed by atoms with Crippen LogP contribution in [0.15, 0.2) is 90.1 Å². The van der Waals surface area contributed by atoms with Crippen LogP contribution < -0.4 is 0 Å². The molecule has 0 bridgehead atoms. The molecule has 0 aliphatic carbocycles. The van der Waals surface area contributed by atoms with Crippen LogP contribution in [-0.4, -0.2) is 19.2 Å². The third-order valence-corrected chi connectivity index (χ3v) is 5.67. The van der Waals surface area contributed by atoms with Gasteiger partial charge >= 0.3 is 0 Å². The van der Waals surface area contributed by atoms with E-state index in [1.807, 2.05) is 12.1 Å². The molecular formula is C22H18N4S. The van der Waals surface area contributed by atoms with Gasteiger partial charge in [-0.3, -0.25) is 4.40 Å². The summed E-state index contributed by atoms with van der Waals surface area (Å²) in [7, 11) is 0. The van der Waals surface area contributed by atoms with Crippen LogP contribution in [0, 0.1) is 0 Å². The first-order chi connectivity index (χ1) is 13.4. The van der Waals surface area contributed by atoms with E-state index < -0.39 is 0 Å². The zero-order valence-electron chi connectivity index (χ0n) is 14.7. The number of imidazole rings is 1. The molecule has 0 radical (unpaired) electrons. The Morgan fingerprint density at radius 1 is 0.667 bits per heavy atom. The Bertz CT molecular complexity index is 1190. The molecule has 0 aliphatic heterocycles. The van der Waals surface area contributed by atoms with Gasteiger partial charge in [0.15, 0.2) is 5.16 Å². The number of hydrogen-bond donors (Lipinski definition) is 0. The average molecular weight is 370 g/mol. The summed E-state index contributed by atoms with van der Waals surface area (Å²) in [6.07, 6.45) is 0. The van der Waals surface area contributed by atoms with E-state index in [1.54, 1.807) is 11.8 Å². The molecule has 27 heavy (non-hydrogen) atoms. The molecule has 2 aromatic heterocycles. The third kappa shape index (κ3) is 3.00. The van der Waals surface area contributed by atoms with Crippen molar-refractivity contribution >= 4 is 28.6 Å². The Labute approximate surface area is 161 Å². The fraction of sp³-hybridized carbons (Fsp3) is 0.0909. The predicted molar refractivity (Wildman–Crippen MR) is 110 cm³/mol. The largest absolute Gasteiger partial charge is 0.304 e. The van der Waals surface area contributed by atoms with Gasteiger partial charge in [0.2, 0.25) is 5.78 Å². The first kappa shape index (κ1) is 16.1. The molecule has 0 N–H and O–H groups in total. The zero-order valence-corrected chi connectivity index (χ0v) is 15.5. The monoisotopic (exact) mass is 370 g/mol. The second-order valence-corrected chi connectivity index (χ2v) is 7.40. The van der Waals surface area contributed by atoms with Crippen LogP contribution in [0.5, 0.6) is 0 Å². The maximum Gasteiger partial charge on any atom is 0.237 e. The number of rotatable bonds is 5. The van der Waals surface area contributed by atoms with Crippen LogP contribution in [-0.2, 0) is 12.3 Å². The summed E-state index contributed by atoms with van der Waals surface area (Å²) < 4.78 is 4.41. The van der Waals surface area contributed by atoms with Crippen molar-refractivity contribution in [3.8, 4) is 0 Å². The van der Waals surface area contributed by atoms with Gasteiger partial charge in [0.1, 0.15) is 0 Å². The summed E-state index contributed by atoms with van der Waals surface area (Å²) in [6.45, 7) is 0.777. The molecule has 0 saturated carbocycles. The normalized spacial score (nSPS) is 11.4. The van der Waals surface area contributed by atoms with Gasteiger partial charge in [0, 0.05) is 5.75 Å². The van der Waals surface area contributed by atoms with Crippen LogP contribution >= 0.6 is 11.8 Å². The number of thioether (sulfide) groups is 1. The molecule has 0 atom stereocenters. The lowest BCUT2D eigenvalue weighted by Crippen LogP contribution is -2.00. The smallest absolute Gasteiger partial charge is 0.237 e. The molecule has 5 aromatic rings. The lowest BCUT2D eigenvalue weighted by atomic mass is 10.2.